The number of alkyl halides is 6. The fourth-order valence-electron chi connectivity index (χ4n) is 4.06. The number of nitrogens with two attached hydrogens (primary N) is 1. The van der Waals surface area contributed by atoms with Crippen LogP contribution < -0.4 is 15.8 Å². The minimum absolute atomic E-state index is 0.0620. The van der Waals surface area contributed by atoms with E-state index < -0.39 is 23.5 Å². The smallest absolute Gasteiger partial charge is 0.430 e. The highest BCUT2D eigenvalue weighted by Crippen LogP contribution is 2.50. The SMILES string of the molecule is COc1cc2c(Nc3cccc(C(O)(C(F)(F)F)C(F)(F)F)c3)c(N)cnc2cc1-c1c(C)noc1C. The van der Waals surface area contributed by atoms with E-state index in [4.69, 9.17) is 15.0 Å². The van der Waals surface area contributed by atoms with Gasteiger partial charge in [0.25, 0.3) is 5.60 Å². The highest BCUT2D eigenvalue weighted by molar-refractivity contribution is 6.02. The van der Waals surface area contributed by atoms with Gasteiger partial charge in [0.15, 0.2) is 0 Å². The highest BCUT2D eigenvalue weighted by Gasteiger charge is 2.71. The molecule has 196 valence electrons. The summed E-state index contributed by atoms with van der Waals surface area (Å²) < 4.78 is 91.0. The Morgan fingerprint density at radius 2 is 1.70 bits per heavy atom. The number of pyridine rings is 1. The van der Waals surface area contributed by atoms with Crippen molar-refractivity contribution < 1.29 is 40.7 Å². The molecule has 2 aromatic heterocycles. The van der Waals surface area contributed by atoms with E-state index in [0.717, 1.165) is 6.07 Å². The molecule has 0 spiro atoms. The molecule has 0 fully saturated rings. The summed E-state index contributed by atoms with van der Waals surface area (Å²) in [5, 5.41) is 16.8. The van der Waals surface area contributed by atoms with Gasteiger partial charge in [-0.05, 0) is 38.1 Å². The Morgan fingerprint density at radius 1 is 1.03 bits per heavy atom. The maximum atomic E-state index is 13.4. The van der Waals surface area contributed by atoms with Crippen molar-refractivity contribution >= 4 is 28.0 Å². The van der Waals surface area contributed by atoms with Crippen LogP contribution in [0.3, 0.4) is 0 Å². The zero-order valence-electron chi connectivity index (χ0n) is 19.5. The second-order valence-electron chi connectivity index (χ2n) is 8.27. The van der Waals surface area contributed by atoms with Crippen molar-refractivity contribution in [3.05, 3.63) is 59.6 Å². The summed E-state index contributed by atoms with van der Waals surface area (Å²) in [6.07, 6.45) is -10.7. The fourth-order valence-corrected chi connectivity index (χ4v) is 4.06. The predicted molar refractivity (Wildman–Crippen MR) is 123 cm³/mol. The molecule has 2 aromatic carbocycles. The van der Waals surface area contributed by atoms with Crippen LogP contribution in [0.2, 0.25) is 0 Å². The molecular formula is C24H20F6N4O3. The summed E-state index contributed by atoms with van der Waals surface area (Å²) in [5.41, 5.74) is 1.91. The second-order valence-corrected chi connectivity index (χ2v) is 8.27. The first-order valence-corrected chi connectivity index (χ1v) is 10.6. The van der Waals surface area contributed by atoms with Crippen LogP contribution in [0, 0.1) is 13.8 Å². The summed E-state index contributed by atoms with van der Waals surface area (Å²) in [7, 11) is 1.42. The van der Waals surface area contributed by atoms with E-state index in [9.17, 15) is 31.4 Å². The van der Waals surface area contributed by atoms with Gasteiger partial charge in [0.1, 0.15) is 11.5 Å². The summed E-state index contributed by atoms with van der Waals surface area (Å²) in [4.78, 5) is 4.30. The molecular weight excluding hydrogens is 506 g/mol. The van der Waals surface area contributed by atoms with Gasteiger partial charge in [-0.25, -0.2) is 0 Å². The van der Waals surface area contributed by atoms with E-state index in [1.54, 1.807) is 26.0 Å². The zero-order chi connectivity index (χ0) is 27.3. The molecule has 0 atom stereocenters. The monoisotopic (exact) mass is 526 g/mol. The Bertz CT molecular complexity index is 1450. The van der Waals surface area contributed by atoms with Gasteiger partial charge in [0, 0.05) is 22.2 Å². The quantitative estimate of drug-likeness (QED) is 0.268. The molecule has 7 nitrogen and oxygen atoms in total. The average molecular weight is 526 g/mol. The van der Waals surface area contributed by atoms with Gasteiger partial charge in [0.2, 0.25) is 0 Å². The summed E-state index contributed by atoms with van der Waals surface area (Å²) >= 11 is 0. The normalized spacial score (nSPS) is 12.7. The molecule has 0 aliphatic heterocycles. The lowest BCUT2D eigenvalue weighted by molar-refractivity contribution is -0.376. The van der Waals surface area contributed by atoms with Crippen LogP contribution in [0.1, 0.15) is 17.0 Å². The Morgan fingerprint density at radius 3 is 2.27 bits per heavy atom. The number of nitrogens with one attached hydrogen (secondary N) is 1. The number of hydrogen-bond acceptors (Lipinski definition) is 7. The first-order chi connectivity index (χ1) is 17.2. The number of nitrogen functional groups attached to an aromatic ring is 1. The molecule has 4 rings (SSSR count). The molecule has 0 unspecified atom stereocenters. The van der Waals surface area contributed by atoms with Crippen LogP contribution >= 0.6 is 0 Å². The third kappa shape index (κ3) is 4.28. The average Bonchev–Trinajstić information content (AvgIpc) is 3.16. The number of fused-ring (bicyclic) bond motifs is 1. The van der Waals surface area contributed by atoms with Crippen LogP contribution in [0.5, 0.6) is 5.75 Å². The fraction of sp³-hybridized carbons (Fsp3) is 0.250. The maximum absolute atomic E-state index is 13.4. The van der Waals surface area contributed by atoms with Crippen molar-refractivity contribution in [2.45, 2.75) is 31.8 Å². The lowest BCUT2D eigenvalue weighted by Gasteiger charge is -2.32. The molecule has 0 saturated carbocycles. The van der Waals surface area contributed by atoms with Crippen LogP contribution in [0.4, 0.5) is 43.4 Å². The molecule has 0 aliphatic carbocycles. The largest absolute Gasteiger partial charge is 0.496 e. The van der Waals surface area contributed by atoms with Gasteiger partial charge in [-0.15, -0.1) is 0 Å². The molecule has 4 aromatic rings. The molecule has 0 bridgehead atoms. The molecule has 0 radical (unpaired) electrons. The van der Waals surface area contributed by atoms with Gasteiger partial charge in [-0.2, -0.15) is 26.3 Å². The first-order valence-electron chi connectivity index (χ1n) is 10.6. The third-order valence-corrected chi connectivity index (χ3v) is 5.89. The number of rotatable bonds is 5. The van der Waals surface area contributed by atoms with E-state index >= 15 is 0 Å². The van der Waals surface area contributed by atoms with Crippen molar-refractivity contribution in [1.82, 2.24) is 10.1 Å². The first kappa shape index (κ1) is 26.1. The number of ether oxygens (including phenoxy) is 1. The van der Waals surface area contributed by atoms with Crippen molar-refractivity contribution in [3.63, 3.8) is 0 Å². The molecule has 0 aliphatic rings. The van der Waals surface area contributed by atoms with Crippen LogP contribution in [0.15, 0.2) is 47.1 Å². The molecule has 4 N–H and O–H groups in total. The Kier molecular flexibility index (Phi) is 6.23. The lowest BCUT2D eigenvalue weighted by atomic mass is 9.92. The van der Waals surface area contributed by atoms with Gasteiger partial charge >= 0.3 is 12.4 Å². The lowest BCUT2D eigenvalue weighted by Crippen LogP contribution is -2.53. The number of nitrogens with zero attached hydrogens (tertiary/aromatic N) is 2. The third-order valence-electron chi connectivity index (χ3n) is 5.89. The van der Waals surface area contributed by atoms with Crippen LogP contribution in [0.25, 0.3) is 22.0 Å². The number of aryl methyl sites for hydroxylation is 2. The maximum Gasteiger partial charge on any atom is 0.430 e. The highest BCUT2D eigenvalue weighted by atomic mass is 19.4. The van der Waals surface area contributed by atoms with Gasteiger partial charge in [0.05, 0.1) is 41.5 Å². The molecule has 0 saturated heterocycles. The molecule has 0 amide bonds. The minimum atomic E-state index is -6.02. The van der Waals surface area contributed by atoms with E-state index in [-0.39, 0.29) is 17.1 Å². The van der Waals surface area contributed by atoms with Crippen molar-refractivity contribution in [2.24, 2.45) is 0 Å². The standard InChI is InChI=1S/C24H20F6N4O3/c1-11-20(12(2)37-34-11)16-8-18-15(9-19(16)36-3)21(17(31)10-32-18)33-14-6-4-5-13(7-14)22(35,23(25,26)27)24(28,29)30/h4-10,35H,31H2,1-3H3,(H,32,33). The number of aliphatic hydroxyl groups is 1. The van der Waals surface area contributed by atoms with Crippen molar-refractivity contribution in [2.75, 3.05) is 18.2 Å². The Balaban J connectivity index is 1.85. The van der Waals surface area contributed by atoms with Crippen molar-refractivity contribution in [1.29, 1.82) is 0 Å². The molecule has 37 heavy (non-hydrogen) atoms. The second kappa shape index (κ2) is 8.83. The van der Waals surface area contributed by atoms with E-state index in [1.165, 1.54) is 19.4 Å². The molecule has 2 heterocycles. The Labute approximate surface area is 205 Å². The number of methoxy groups -OCH3 is 1. The Hall–Kier alpha value is -4.00. The van der Waals surface area contributed by atoms with E-state index in [2.05, 4.69) is 15.5 Å². The van der Waals surface area contributed by atoms with Gasteiger partial charge in [-0.1, -0.05) is 17.3 Å². The summed E-state index contributed by atoms with van der Waals surface area (Å²) in [6.45, 7) is 3.47. The van der Waals surface area contributed by atoms with Crippen molar-refractivity contribution in [3.8, 4) is 16.9 Å². The van der Waals surface area contributed by atoms with Crippen LogP contribution in [-0.4, -0.2) is 34.7 Å². The van der Waals surface area contributed by atoms with E-state index in [0.29, 0.717) is 51.4 Å². The number of halogens is 6. The number of aromatic nitrogens is 2. The number of benzene rings is 2. The molecule has 13 heteroatoms. The predicted octanol–water partition coefficient (Wildman–Crippen LogP) is 6.15. The summed E-state index contributed by atoms with van der Waals surface area (Å²) in [6, 6.07) is 6.54. The van der Waals surface area contributed by atoms with Crippen LogP contribution in [-0.2, 0) is 5.60 Å². The number of hydrogen-bond donors (Lipinski definition) is 3. The van der Waals surface area contributed by atoms with Gasteiger partial charge < -0.3 is 25.4 Å². The zero-order valence-corrected chi connectivity index (χ0v) is 19.5. The summed E-state index contributed by atoms with van der Waals surface area (Å²) in [5.74, 6) is 0.900. The van der Waals surface area contributed by atoms with E-state index in [1.807, 2.05) is 0 Å². The van der Waals surface area contributed by atoms with Gasteiger partial charge in [-0.3, -0.25) is 4.98 Å². The topological polar surface area (TPSA) is 106 Å². The number of anilines is 3. The minimum Gasteiger partial charge on any atom is -0.496 e.